The highest BCUT2D eigenvalue weighted by Crippen LogP contribution is 2.28. The number of carbonyl (C=O) groups excluding carboxylic acids is 1. The number of hydrogen-bond donors (Lipinski definition) is 0. The summed E-state index contributed by atoms with van der Waals surface area (Å²) in [5.74, 6) is 1.28. The fourth-order valence-electron chi connectivity index (χ4n) is 3.25. The molecule has 1 aromatic carbocycles. The lowest BCUT2D eigenvalue weighted by Gasteiger charge is -2.34. The van der Waals surface area contributed by atoms with Gasteiger partial charge in [0.25, 0.3) is 15.9 Å². The fourth-order valence-corrected chi connectivity index (χ4v) is 6.74. The first-order valence-corrected chi connectivity index (χ1v) is 12.7. The number of sulfonamides is 1. The second kappa shape index (κ2) is 8.93. The molecule has 0 bridgehead atoms. The lowest BCUT2D eigenvalue weighted by atomic mass is 10.2. The maximum Gasteiger partial charge on any atom is 0.255 e. The Kier molecular flexibility index (Phi) is 6.28. The molecule has 1 saturated heterocycles. The minimum absolute atomic E-state index is 0.0809. The van der Waals surface area contributed by atoms with Crippen molar-refractivity contribution in [2.24, 2.45) is 0 Å². The Bertz CT molecular complexity index is 1120. The molecule has 1 aliphatic rings. The van der Waals surface area contributed by atoms with Gasteiger partial charge in [0.15, 0.2) is 0 Å². The molecule has 4 rings (SSSR count). The van der Waals surface area contributed by atoms with Crippen molar-refractivity contribution in [2.45, 2.75) is 21.8 Å². The first kappa shape index (κ1) is 21.1. The second-order valence-electron chi connectivity index (χ2n) is 6.84. The van der Waals surface area contributed by atoms with Crippen LogP contribution in [-0.4, -0.2) is 54.9 Å². The third-order valence-corrected chi connectivity index (χ3v) is 9.16. The molecule has 1 fully saturated rings. The first-order chi connectivity index (χ1) is 14.4. The van der Waals surface area contributed by atoms with Gasteiger partial charge in [0.1, 0.15) is 9.97 Å². The van der Waals surface area contributed by atoms with Gasteiger partial charge >= 0.3 is 0 Å². The molecule has 0 saturated carbocycles. The summed E-state index contributed by atoms with van der Waals surface area (Å²) in [4.78, 5) is 15.7. The van der Waals surface area contributed by atoms with E-state index in [1.807, 2.05) is 37.3 Å². The lowest BCUT2D eigenvalue weighted by Crippen LogP contribution is -2.50. The smallest absolute Gasteiger partial charge is 0.255 e. The van der Waals surface area contributed by atoms with Gasteiger partial charge in [-0.3, -0.25) is 4.79 Å². The number of aromatic nitrogens is 1. The van der Waals surface area contributed by atoms with E-state index >= 15 is 0 Å². The summed E-state index contributed by atoms with van der Waals surface area (Å²) in [7, 11) is -3.48. The van der Waals surface area contributed by atoms with Crippen LogP contribution in [0.15, 0.2) is 61.5 Å². The van der Waals surface area contributed by atoms with Gasteiger partial charge in [-0.15, -0.1) is 23.1 Å². The fraction of sp³-hybridized carbons (Fsp3) is 0.300. The molecule has 1 amide bonds. The number of thioether (sulfide) groups is 1. The number of aryl methyl sites for hydroxylation is 1. The van der Waals surface area contributed by atoms with Crippen molar-refractivity contribution in [1.82, 2.24) is 14.4 Å². The average molecular weight is 464 g/mol. The summed E-state index contributed by atoms with van der Waals surface area (Å²) >= 11 is 2.74. The van der Waals surface area contributed by atoms with Crippen LogP contribution in [0, 0.1) is 6.92 Å². The zero-order valence-electron chi connectivity index (χ0n) is 16.4. The third-order valence-electron chi connectivity index (χ3n) is 4.78. The molecule has 2 aromatic heterocycles. The topological polar surface area (TPSA) is 83.7 Å². The Morgan fingerprint density at radius 3 is 2.60 bits per heavy atom. The quantitative estimate of drug-likeness (QED) is 0.521. The van der Waals surface area contributed by atoms with E-state index in [-0.39, 0.29) is 5.91 Å². The maximum atomic E-state index is 13.1. The highest BCUT2D eigenvalue weighted by molar-refractivity contribution is 7.98. The molecule has 7 nitrogen and oxygen atoms in total. The molecule has 0 aliphatic carbocycles. The predicted octanol–water partition coefficient (Wildman–Crippen LogP) is 3.48. The summed E-state index contributed by atoms with van der Waals surface area (Å²) in [5, 5.41) is 5.75. The summed E-state index contributed by atoms with van der Waals surface area (Å²) in [6.45, 7) is 3.16. The first-order valence-electron chi connectivity index (χ1n) is 9.42. The van der Waals surface area contributed by atoms with Crippen LogP contribution in [0.2, 0.25) is 0 Å². The van der Waals surface area contributed by atoms with Crippen molar-refractivity contribution in [3.8, 4) is 0 Å². The molecule has 0 atom stereocenters. The Hall–Kier alpha value is -2.14. The number of amides is 1. The molecule has 0 N–H and O–H groups in total. The van der Waals surface area contributed by atoms with E-state index in [4.69, 9.17) is 4.52 Å². The van der Waals surface area contributed by atoms with Gasteiger partial charge in [0.05, 0.1) is 11.3 Å². The molecule has 0 radical (unpaired) electrons. The molecule has 30 heavy (non-hydrogen) atoms. The van der Waals surface area contributed by atoms with Crippen molar-refractivity contribution in [3.05, 3.63) is 64.9 Å². The van der Waals surface area contributed by atoms with Gasteiger partial charge in [-0.25, -0.2) is 8.42 Å². The molecular weight excluding hydrogens is 442 g/mol. The number of thiophene rings is 1. The molecule has 0 spiro atoms. The SMILES string of the molecule is Cc1cc(CSc2ccccc2C(=O)N2CCN(S(=O)(=O)c3cccs3)CC2)no1. The van der Waals surface area contributed by atoms with Crippen LogP contribution in [-0.2, 0) is 15.8 Å². The Labute approximate surface area is 183 Å². The standard InChI is InChI=1S/C20H21N3O4S3/c1-15-13-16(21-27-15)14-29-18-6-3-2-5-17(18)20(24)22-8-10-23(11-9-22)30(25,26)19-7-4-12-28-19/h2-7,12-13H,8-11,14H2,1H3. The van der Waals surface area contributed by atoms with Crippen LogP contribution in [0.1, 0.15) is 21.8 Å². The van der Waals surface area contributed by atoms with E-state index in [0.29, 0.717) is 41.7 Å². The maximum absolute atomic E-state index is 13.1. The molecule has 10 heteroatoms. The zero-order valence-corrected chi connectivity index (χ0v) is 18.8. The molecule has 0 unspecified atom stereocenters. The van der Waals surface area contributed by atoms with Gasteiger partial charge in [0, 0.05) is 42.9 Å². The van der Waals surface area contributed by atoms with Gasteiger partial charge in [-0.2, -0.15) is 4.31 Å². The number of rotatable bonds is 6. The zero-order chi connectivity index (χ0) is 21.1. The predicted molar refractivity (Wildman–Crippen MR) is 116 cm³/mol. The van der Waals surface area contributed by atoms with Crippen molar-refractivity contribution < 1.29 is 17.7 Å². The van der Waals surface area contributed by atoms with Crippen LogP contribution in [0.25, 0.3) is 0 Å². The van der Waals surface area contributed by atoms with Crippen molar-refractivity contribution >= 4 is 39.0 Å². The van der Waals surface area contributed by atoms with Crippen molar-refractivity contribution in [2.75, 3.05) is 26.2 Å². The number of hydrogen-bond acceptors (Lipinski definition) is 7. The van der Waals surface area contributed by atoms with Crippen LogP contribution < -0.4 is 0 Å². The highest BCUT2D eigenvalue weighted by Gasteiger charge is 2.31. The van der Waals surface area contributed by atoms with E-state index in [2.05, 4.69) is 5.16 Å². The normalized spacial score (nSPS) is 15.4. The molecular formula is C20H21N3O4S3. The Balaban J connectivity index is 1.42. The summed E-state index contributed by atoms with van der Waals surface area (Å²) in [6.07, 6.45) is 0. The monoisotopic (exact) mass is 463 g/mol. The van der Waals surface area contributed by atoms with E-state index in [1.54, 1.807) is 22.4 Å². The summed E-state index contributed by atoms with van der Waals surface area (Å²) < 4.78 is 32.3. The van der Waals surface area contributed by atoms with E-state index in [9.17, 15) is 13.2 Å². The number of carbonyl (C=O) groups is 1. The van der Waals surface area contributed by atoms with Crippen LogP contribution in [0.5, 0.6) is 0 Å². The van der Waals surface area contributed by atoms with E-state index in [1.165, 1.54) is 27.4 Å². The van der Waals surface area contributed by atoms with Crippen molar-refractivity contribution in [1.29, 1.82) is 0 Å². The van der Waals surface area contributed by atoms with E-state index < -0.39 is 10.0 Å². The molecule has 1 aliphatic heterocycles. The van der Waals surface area contributed by atoms with Crippen LogP contribution in [0.4, 0.5) is 0 Å². The molecule has 3 heterocycles. The number of benzene rings is 1. The van der Waals surface area contributed by atoms with E-state index in [0.717, 1.165) is 16.3 Å². The molecule has 3 aromatic rings. The van der Waals surface area contributed by atoms with Crippen molar-refractivity contribution in [3.63, 3.8) is 0 Å². The second-order valence-corrected chi connectivity index (χ2v) is 11.0. The van der Waals surface area contributed by atoms with Gasteiger partial charge in [-0.1, -0.05) is 23.4 Å². The molecule has 158 valence electrons. The third kappa shape index (κ3) is 4.46. The Morgan fingerprint density at radius 2 is 1.93 bits per heavy atom. The largest absolute Gasteiger partial charge is 0.361 e. The minimum atomic E-state index is -3.48. The van der Waals surface area contributed by atoms with Gasteiger partial charge in [-0.05, 0) is 30.5 Å². The average Bonchev–Trinajstić information content (AvgIpc) is 3.44. The lowest BCUT2D eigenvalue weighted by molar-refractivity contribution is 0.0694. The summed E-state index contributed by atoms with van der Waals surface area (Å²) in [5.41, 5.74) is 1.45. The Morgan fingerprint density at radius 1 is 1.17 bits per heavy atom. The summed E-state index contributed by atoms with van der Waals surface area (Å²) in [6, 6.07) is 12.7. The number of piperazine rings is 1. The van der Waals surface area contributed by atoms with Gasteiger partial charge < -0.3 is 9.42 Å². The van der Waals surface area contributed by atoms with Gasteiger partial charge in [0.2, 0.25) is 0 Å². The number of nitrogens with zero attached hydrogens (tertiary/aromatic N) is 3. The van der Waals surface area contributed by atoms with Crippen LogP contribution in [0.3, 0.4) is 0 Å². The minimum Gasteiger partial charge on any atom is -0.361 e. The highest BCUT2D eigenvalue weighted by atomic mass is 32.2. The van der Waals surface area contributed by atoms with Crippen LogP contribution >= 0.6 is 23.1 Å².